The number of anilines is 1. The highest BCUT2D eigenvalue weighted by molar-refractivity contribution is 7.21. The predicted octanol–water partition coefficient (Wildman–Crippen LogP) is 2.51. The summed E-state index contributed by atoms with van der Waals surface area (Å²) in [5, 5.41) is 7.78. The Morgan fingerprint density at radius 3 is 2.79 bits per heavy atom. The van der Waals surface area contributed by atoms with Crippen LogP contribution in [0.4, 0.5) is 5.13 Å². The van der Waals surface area contributed by atoms with Gasteiger partial charge >= 0.3 is 0 Å². The zero-order valence-corrected chi connectivity index (χ0v) is 16.8. The van der Waals surface area contributed by atoms with Crippen molar-refractivity contribution in [3.8, 4) is 10.6 Å². The zero-order chi connectivity index (χ0) is 19.1. The third kappa shape index (κ3) is 3.14. The van der Waals surface area contributed by atoms with Crippen molar-refractivity contribution < 1.29 is 4.79 Å². The molecule has 10 heteroatoms. The molecule has 0 spiro atoms. The lowest BCUT2D eigenvalue weighted by Crippen LogP contribution is -2.48. The largest absolute Gasteiger partial charge is 0.344 e. The molecule has 0 saturated carbocycles. The summed E-state index contributed by atoms with van der Waals surface area (Å²) in [7, 11) is 1.87. The average Bonchev–Trinajstić information content (AvgIpc) is 3.46. The maximum atomic E-state index is 12.8. The van der Waals surface area contributed by atoms with Gasteiger partial charge in [0, 0.05) is 56.6 Å². The molecule has 5 heterocycles. The second-order valence-electron chi connectivity index (χ2n) is 6.54. The molecule has 1 saturated heterocycles. The fraction of sp³-hybridized carbons (Fsp3) is 0.278. The van der Waals surface area contributed by atoms with E-state index in [0.29, 0.717) is 18.8 Å². The quantitative estimate of drug-likeness (QED) is 0.515. The van der Waals surface area contributed by atoms with Crippen LogP contribution in [-0.4, -0.2) is 61.7 Å². The van der Waals surface area contributed by atoms with Crippen molar-refractivity contribution in [2.75, 3.05) is 31.1 Å². The standard InChI is InChI=1S/C18H17N7OS2/c1-23-10-12(9-20-23)15-21-14(11-27-15)17(26)24-5-7-25(8-6-24)18-22-13-3-2-4-19-16(13)28-18/h2-4,9-11H,5-8H2,1H3. The van der Waals surface area contributed by atoms with E-state index in [2.05, 4.69) is 25.0 Å². The molecule has 0 bridgehead atoms. The molecule has 1 aliphatic heterocycles. The number of aryl methyl sites for hydroxylation is 1. The molecule has 0 N–H and O–H groups in total. The molecule has 0 radical (unpaired) electrons. The number of hydrogen-bond acceptors (Lipinski definition) is 8. The first-order chi connectivity index (χ1) is 13.7. The number of rotatable bonds is 3. The molecular formula is C18H17N7OS2. The summed E-state index contributed by atoms with van der Waals surface area (Å²) in [4.78, 5) is 31.4. The molecule has 0 aliphatic carbocycles. The summed E-state index contributed by atoms with van der Waals surface area (Å²) in [5.74, 6) is -0.0167. The van der Waals surface area contributed by atoms with Gasteiger partial charge in [0.05, 0.1) is 6.20 Å². The van der Waals surface area contributed by atoms with Crippen molar-refractivity contribution >= 4 is 44.1 Å². The van der Waals surface area contributed by atoms with Crippen molar-refractivity contribution in [1.82, 2.24) is 29.6 Å². The highest BCUT2D eigenvalue weighted by Gasteiger charge is 2.25. The molecule has 1 amide bonds. The van der Waals surface area contributed by atoms with Crippen LogP contribution in [0.5, 0.6) is 0 Å². The van der Waals surface area contributed by atoms with Crippen molar-refractivity contribution in [2.24, 2.45) is 7.05 Å². The maximum Gasteiger partial charge on any atom is 0.273 e. The van der Waals surface area contributed by atoms with Crippen LogP contribution in [-0.2, 0) is 7.05 Å². The third-order valence-corrected chi connectivity index (χ3v) is 6.60. The smallest absolute Gasteiger partial charge is 0.273 e. The maximum absolute atomic E-state index is 12.8. The summed E-state index contributed by atoms with van der Waals surface area (Å²) >= 11 is 3.06. The normalized spacial score (nSPS) is 14.8. The lowest BCUT2D eigenvalue weighted by atomic mass is 10.3. The predicted molar refractivity (Wildman–Crippen MR) is 110 cm³/mol. The highest BCUT2D eigenvalue weighted by atomic mass is 32.1. The topological polar surface area (TPSA) is 80.0 Å². The second-order valence-corrected chi connectivity index (χ2v) is 8.36. The number of piperazine rings is 1. The molecule has 0 atom stereocenters. The number of nitrogens with zero attached hydrogens (tertiary/aromatic N) is 7. The van der Waals surface area contributed by atoms with Crippen LogP contribution in [0.2, 0.25) is 0 Å². The van der Waals surface area contributed by atoms with Gasteiger partial charge < -0.3 is 9.80 Å². The highest BCUT2D eigenvalue weighted by Crippen LogP contribution is 2.28. The molecule has 5 rings (SSSR count). The number of pyridine rings is 1. The van der Waals surface area contributed by atoms with Crippen LogP contribution >= 0.6 is 22.7 Å². The van der Waals surface area contributed by atoms with E-state index in [9.17, 15) is 4.79 Å². The van der Waals surface area contributed by atoms with E-state index in [4.69, 9.17) is 0 Å². The first kappa shape index (κ1) is 17.3. The lowest BCUT2D eigenvalue weighted by molar-refractivity contribution is 0.0742. The fourth-order valence-electron chi connectivity index (χ4n) is 3.19. The Morgan fingerprint density at radius 2 is 2.04 bits per heavy atom. The van der Waals surface area contributed by atoms with Gasteiger partial charge in [0.15, 0.2) is 5.13 Å². The minimum absolute atomic E-state index is 0.0167. The lowest BCUT2D eigenvalue weighted by Gasteiger charge is -2.34. The van der Waals surface area contributed by atoms with Gasteiger partial charge in [-0.3, -0.25) is 9.48 Å². The number of amides is 1. The molecule has 0 unspecified atom stereocenters. The summed E-state index contributed by atoms with van der Waals surface area (Å²) in [5.41, 5.74) is 2.36. The van der Waals surface area contributed by atoms with Crippen LogP contribution < -0.4 is 4.90 Å². The third-order valence-electron chi connectivity index (χ3n) is 4.67. The van der Waals surface area contributed by atoms with Gasteiger partial charge in [-0.15, -0.1) is 11.3 Å². The van der Waals surface area contributed by atoms with E-state index in [-0.39, 0.29) is 5.91 Å². The van der Waals surface area contributed by atoms with Crippen LogP contribution in [0.25, 0.3) is 20.9 Å². The Hall–Kier alpha value is -2.85. The summed E-state index contributed by atoms with van der Waals surface area (Å²) < 4.78 is 1.73. The van der Waals surface area contributed by atoms with Crippen molar-refractivity contribution in [1.29, 1.82) is 0 Å². The van der Waals surface area contributed by atoms with Crippen LogP contribution in [0.1, 0.15) is 10.5 Å². The second kappa shape index (κ2) is 6.95. The fourth-order valence-corrected chi connectivity index (χ4v) is 4.92. The van der Waals surface area contributed by atoms with Crippen LogP contribution in [0.15, 0.2) is 36.1 Å². The number of aromatic nitrogens is 5. The van der Waals surface area contributed by atoms with Crippen molar-refractivity contribution in [3.63, 3.8) is 0 Å². The van der Waals surface area contributed by atoms with E-state index in [1.807, 2.05) is 35.7 Å². The van der Waals surface area contributed by atoms with E-state index >= 15 is 0 Å². The first-order valence-electron chi connectivity index (χ1n) is 8.88. The van der Waals surface area contributed by atoms with E-state index in [1.165, 1.54) is 11.3 Å². The zero-order valence-electron chi connectivity index (χ0n) is 15.1. The number of hydrogen-bond donors (Lipinski definition) is 0. The minimum atomic E-state index is -0.0167. The molecule has 4 aromatic heterocycles. The van der Waals surface area contributed by atoms with Crippen LogP contribution in [0, 0.1) is 0 Å². The molecule has 142 valence electrons. The summed E-state index contributed by atoms with van der Waals surface area (Å²) in [6.45, 7) is 2.82. The molecule has 1 aliphatic rings. The molecular weight excluding hydrogens is 394 g/mol. The number of carbonyl (C=O) groups is 1. The molecule has 28 heavy (non-hydrogen) atoms. The van der Waals surface area contributed by atoms with Crippen molar-refractivity contribution in [3.05, 3.63) is 41.8 Å². The first-order valence-corrected chi connectivity index (χ1v) is 10.6. The van der Waals surface area contributed by atoms with Gasteiger partial charge in [-0.2, -0.15) is 5.10 Å². The average molecular weight is 412 g/mol. The van der Waals surface area contributed by atoms with Gasteiger partial charge in [-0.1, -0.05) is 11.3 Å². The number of thiazole rings is 2. The van der Waals surface area contributed by atoms with Gasteiger partial charge in [0.1, 0.15) is 21.0 Å². The summed E-state index contributed by atoms with van der Waals surface area (Å²) in [6.07, 6.45) is 5.45. The van der Waals surface area contributed by atoms with E-state index in [1.54, 1.807) is 28.4 Å². The number of carbonyl (C=O) groups excluding carboxylic acids is 1. The molecule has 1 fully saturated rings. The van der Waals surface area contributed by atoms with Crippen molar-refractivity contribution in [2.45, 2.75) is 0 Å². The van der Waals surface area contributed by atoms with Crippen LogP contribution in [0.3, 0.4) is 0 Å². The Bertz CT molecular complexity index is 1110. The SMILES string of the molecule is Cn1cc(-c2nc(C(=O)N3CCN(c4nc5cccnc5s4)CC3)cs2)cn1. The molecule has 8 nitrogen and oxygen atoms in total. The molecule has 0 aromatic carbocycles. The minimum Gasteiger partial charge on any atom is -0.344 e. The Morgan fingerprint density at radius 1 is 1.18 bits per heavy atom. The van der Waals surface area contributed by atoms with Gasteiger partial charge in [0.25, 0.3) is 5.91 Å². The monoisotopic (exact) mass is 411 g/mol. The molecule has 4 aromatic rings. The van der Waals surface area contributed by atoms with E-state index in [0.717, 1.165) is 39.1 Å². The Labute approximate surface area is 169 Å². The Balaban J connectivity index is 1.26. The number of fused-ring (bicyclic) bond motifs is 1. The van der Waals surface area contributed by atoms with Gasteiger partial charge in [-0.05, 0) is 12.1 Å². The Kier molecular flexibility index (Phi) is 4.29. The van der Waals surface area contributed by atoms with E-state index < -0.39 is 0 Å². The van der Waals surface area contributed by atoms with Gasteiger partial charge in [0.2, 0.25) is 0 Å². The summed E-state index contributed by atoms with van der Waals surface area (Å²) in [6, 6.07) is 3.88. The van der Waals surface area contributed by atoms with Gasteiger partial charge in [-0.25, -0.2) is 15.0 Å².